The Labute approximate surface area is 99.5 Å². The largest absolute Gasteiger partial charge is 0.379 e. The molecule has 0 spiro atoms. The third-order valence-corrected chi connectivity index (χ3v) is 4.21. The third-order valence-electron chi connectivity index (χ3n) is 4.21. The van der Waals surface area contributed by atoms with Crippen LogP contribution in [0.3, 0.4) is 0 Å². The Bertz CT molecular complexity index is 204. The first-order valence-electron chi connectivity index (χ1n) is 6.77. The molecule has 1 aliphatic carbocycles. The maximum absolute atomic E-state index is 5.41. The van der Waals surface area contributed by atoms with Crippen LogP contribution >= 0.6 is 0 Å². The summed E-state index contributed by atoms with van der Waals surface area (Å²) in [7, 11) is 2.12. The predicted octanol–water partition coefficient (Wildman–Crippen LogP) is 1.34. The number of nitrogens with one attached hydrogen (secondary N) is 1. The zero-order valence-electron chi connectivity index (χ0n) is 10.7. The SMILES string of the molecule is CNC1CCC(C)CC1CN1CCOCC1. The summed E-state index contributed by atoms with van der Waals surface area (Å²) in [4.78, 5) is 2.58. The van der Waals surface area contributed by atoms with Gasteiger partial charge in [0.05, 0.1) is 13.2 Å². The average Bonchev–Trinajstić information content (AvgIpc) is 2.31. The first-order chi connectivity index (χ1) is 7.79. The highest BCUT2D eigenvalue weighted by Gasteiger charge is 2.29. The number of morpholine rings is 1. The van der Waals surface area contributed by atoms with Crippen molar-refractivity contribution in [2.75, 3.05) is 39.9 Å². The summed E-state index contributed by atoms with van der Waals surface area (Å²) < 4.78 is 5.41. The topological polar surface area (TPSA) is 24.5 Å². The summed E-state index contributed by atoms with van der Waals surface area (Å²) >= 11 is 0. The highest BCUT2D eigenvalue weighted by Crippen LogP contribution is 2.29. The number of hydrogen-bond acceptors (Lipinski definition) is 3. The second kappa shape index (κ2) is 5.99. The summed E-state index contributed by atoms with van der Waals surface area (Å²) in [6.07, 6.45) is 4.14. The predicted molar refractivity (Wildman–Crippen MR) is 66.6 cm³/mol. The zero-order chi connectivity index (χ0) is 11.4. The zero-order valence-corrected chi connectivity index (χ0v) is 10.7. The fourth-order valence-corrected chi connectivity index (χ4v) is 3.20. The molecule has 0 aromatic carbocycles. The van der Waals surface area contributed by atoms with Crippen LogP contribution in [0.25, 0.3) is 0 Å². The molecule has 3 atom stereocenters. The van der Waals surface area contributed by atoms with Gasteiger partial charge in [-0.05, 0) is 38.1 Å². The molecule has 2 fully saturated rings. The maximum atomic E-state index is 5.41. The van der Waals surface area contributed by atoms with Crippen LogP contribution in [0.5, 0.6) is 0 Å². The van der Waals surface area contributed by atoms with Crippen LogP contribution in [0.4, 0.5) is 0 Å². The molecular weight excluding hydrogens is 200 g/mol. The lowest BCUT2D eigenvalue weighted by molar-refractivity contribution is 0.0223. The molecular formula is C13H26N2O. The molecule has 0 radical (unpaired) electrons. The minimum absolute atomic E-state index is 0.735. The van der Waals surface area contributed by atoms with Crippen molar-refractivity contribution in [2.45, 2.75) is 32.2 Å². The highest BCUT2D eigenvalue weighted by atomic mass is 16.5. The summed E-state index contributed by atoms with van der Waals surface area (Å²) in [5.74, 6) is 1.75. The van der Waals surface area contributed by atoms with Gasteiger partial charge in [-0.25, -0.2) is 0 Å². The molecule has 3 heteroatoms. The first kappa shape index (κ1) is 12.3. The number of nitrogens with zero attached hydrogens (tertiary/aromatic N) is 1. The molecule has 2 rings (SSSR count). The van der Waals surface area contributed by atoms with Crippen LogP contribution in [0.1, 0.15) is 26.2 Å². The molecule has 1 N–H and O–H groups in total. The Morgan fingerprint density at radius 1 is 1.25 bits per heavy atom. The van der Waals surface area contributed by atoms with Crippen molar-refractivity contribution >= 4 is 0 Å². The van der Waals surface area contributed by atoms with E-state index in [-0.39, 0.29) is 0 Å². The Kier molecular flexibility index (Phi) is 4.62. The Balaban J connectivity index is 1.84. The molecule has 94 valence electrons. The van der Waals surface area contributed by atoms with Crippen molar-refractivity contribution in [1.29, 1.82) is 0 Å². The van der Waals surface area contributed by atoms with E-state index in [0.29, 0.717) is 0 Å². The van der Waals surface area contributed by atoms with Gasteiger partial charge in [0.25, 0.3) is 0 Å². The van der Waals surface area contributed by atoms with E-state index in [9.17, 15) is 0 Å². The quantitative estimate of drug-likeness (QED) is 0.786. The Morgan fingerprint density at radius 2 is 2.00 bits per heavy atom. The fraction of sp³-hybridized carbons (Fsp3) is 1.00. The molecule has 0 aromatic rings. The number of hydrogen-bond donors (Lipinski definition) is 1. The minimum atomic E-state index is 0.735. The second-order valence-corrected chi connectivity index (χ2v) is 5.49. The van der Waals surface area contributed by atoms with Gasteiger partial charge < -0.3 is 10.1 Å². The van der Waals surface area contributed by atoms with E-state index in [1.54, 1.807) is 0 Å². The summed E-state index contributed by atoms with van der Waals surface area (Å²) in [5, 5.41) is 3.51. The molecule has 0 bridgehead atoms. The molecule has 16 heavy (non-hydrogen) atoms. The van der Waals surface area contributed by atoms with Gasteiger partial charge in [0, 0.05) is 25.7 Å². The van der Waals surface area contributed by atoms with E-state index in [1.807, 2.05) is 0 Å². The lowest BCUT2D eigenvalue weighted by atomic mass is 9.78. The van der Waals surface area contributed by atoms with Gasteiger partial charge in [-0.15, -0.1) is 0 Å². The van der Waals surface area contributed by atoms with Crippen molar-refractivity contribution < 1.29 is 4.74 Å². The van der Waals surface area contributed by atoms with Gasteiger partial charge in [-0.1, -0.05) is 6.92 Å². The van der Waals surface area contributed by atoms with Gasteiger partial charge in [0.15, 0.2) is 0 Å². The summed E-state index contributed by atoms with van der Waals surface area (Å²) in [5.41, 5.74) is 0. The van der Waals surface area contributed by atoms with E-state index in [1.165, 1.54) is 25.8 Å². The third kappa shape index (κ3) is 3.19. The van der Waals surface area contributed by atoms with E-state index < -0.39 is 0 Å². The average molecular weight is 226 g/mol. The van der Waals surface area contributed by atoms with Crippen molar-refractivity contribution in [3.05, 3.63) is 0 Å². The molecule has 1 saturated carbocycles. The van der Waals surface area contributed by atoms with Crippen molar-refractivity contribution in [1.82, 2.24) is 10.2 Å². The molecule has 1 saturated heterocycles. The van der Waals surface area contributed by atoms with Crippen molar-refractivity contribution in [3.63, 3.8) is 0 Å². The van der Waals surface area contributed by atoms with Crippen LogP contribution in [-0.4, -0.2) is 50.8 Å². The first-order valence-corrected chi connectivity index (χ1v) is 6.77. The molecule has 0 aromatic heterocycles. The maximum Gasteiger partial charge on any atom is 0.0594 e. The van der Waals surface area contributed by atoms with Gasteiger partial charge >= 0.3 is 0 Å². The van der Waals surface area contributed by atoms with E-state index >= 15 is 0 Å². The van der Waals surface area contributed by atoms with Gasteiger partial charge in [0.2, 0.25) is 0 Å². The molecule has 2 aliphatic rings. The number of ether oxygens (including phenoxy) is 1. The van der Waals surface area contributed by atoms with Crippen LogP contribution in [0.15, 0.2) is 0 Å². The standard InChI is InChI=1S/C13H26N2O/c1-11-3-4-13(14-2)12(9-11)10-15-5-7-16-8-6-15/h11-14H,3-10H2,1-2H3. The van der Waals surface area contributed by atoms with Crippen molar-refractivity contribution in [2.24, 2.45) is 11.8 Å². The van der Waals surface area contributed by atoms with E-state index in [2.05, 4.69) is 24.2 Å². The molecule has 0 amide bonds. The van der Waals surface area contributed by atoms with E-state index in [0.717, 1.165) is 44.2 Å². The van der Waals surface area contributed by atoms with Gasteiger partial charge in [-0.2, -0.15) is 0 Å². The number of rotatable bonds is 3. The monoisotopic (exact) mass is 226 g/mol. The molecule has 3 unspecified atom stereocenters. The molecule has 1 aliphatic heterocycles. The minimum Gasteiger partial charge on any atom is -0.379 e. The van der Waals surface area contributed by atoms with Gasteiger partial charge in [-0.3, -0.25) is 4.90 Å². The summed E-state index contributed by atoms with van der Waals surface area (Å²) in [6, 6.07) is 0.735. The van der Waals surface area contributed by atoms with Crippen LogP contribution in [0, 0.1) is 11.8 Å². The highest BCUT2D eigenvalue weighted by molar-refractivity contribution is 4.85. The fourth-order valence-electron chi connectivity index (χ4n) is 3.20. The lowest BCUT2D eigenvalue weighted by Gasteiger charge is -2.39. The van der Waals surface area contributed by atoms with Crippen molar-refractivity contribution in [3.8, 4) is 0 Å². The van der Waals surface area contributed by atoms with Crippen LogP contribution in [-0.2, 0) is 4.74 Å². The van der Waals surface area contributed by atoms with Crippen LogP contribution < -0.4 is 5.32 Å². The Morgan fingerprint density at radius 3 is 2.69 bits per heavy atom. The smallest absolute Gasteiger partial charge is 0.0594 e. The lowest BCUT2D eigenvalue weighted by Crippen LogP contribution is -2.47. The van der Waals surface area contributed by atoms with E-state index in [4.69, 9.17) is 4.74 Å². The molecule has 3 nitrogen and oxygen atoms in total. The second-order valence-electron chi connectivity index (χ2n) is 5.49. The molecule has 1 heterocycles. The van der Waals surface area contributed by atoms with Gasteiger partial charge in [0.1, 0.15) is 0 Å². The Hall–Kier alpha value is -0.120. The summed E-state index contributed by atoms with van der Waals surface area (Å²) in [6.45, 7) is 7.76. The van der Waals surface area contributed by atoms with Crippen LogP contribution in [0.2, 0.25) is 0 Å². The normalized spacial score (nSPS) is 37.5.